The number of carbonyl (C=O) groups is 4. The molecule has 0 aromatic heterocycles. The summed E-state index contributed by atoms with van der Waals surface area (Å²) in [6.45, 7) is 11.8. The molecule has 17 nitrogen and oxygen atoms in total. The molecule has 0 saturated carbocycles. The van der Waals surface area contributed by atoms with Gasteiger partial charge < -0.3 is 33.8 Å². The maximum absolute atomic E-state index is 13.0. The third-order valence-electron chi connectivity index (χ3n) is 16.6. The SMILES string of the molecule is CCCCCCCCCCCCCC(=O)OC[C@H](COP(=O)(O)OC[C@@H](O)COP(=O)(O)OC[C@@H](COC(=O)CCCCCCCCC(C)CC)OC(=O)CCCCCCCCC(C)CC)OC(=O)CCCCCCCCCCCCCCCCC(C)C. The number of hydrogen-bond donors (Lipinski definition) is 3. The smallest absolute Gasteiger partial charge is 0.462 e. The van der Waals surface area contributed by atoms with E-state index < -0.39 is 97.5 Å². The number of phosphoric acid groups is 2. The van der Waals surface area contributed by atoms with Gasteiger partial charge in [0.25, 0.3) is 0 Å². The molecule has 0 bridgehead atoms. The first-order chi connectivity index (χ1) is 42.3. The van der Waals surface area contributed by atoms with Crippen molar-refractivity contribution in [3.8, 4) is 0 Å². The molecule has 19 heteroatoms. The van der Waals surface area contributed by atoms with E-state index >= 15 is 0 Å². The van der Waals surface area contributed by atoms with Gasteiger partial charge in [-0.15, -0.1) is 0 Å². The van der Waals surface area contributed by atoms with Crippen LogP contribution in [0.3, 0.4) is 0 Å². The Morgan fingerprint density at radius 3 is 0.864 bits per heavy atom. The Balaban J connectivity index is 5.23. The minimum Gasteiger partial charge on any atom is -0.462 e. The van der Waals surface area contributed by atoms with Gasteiger partial charge in [0.15, 0.2) is 12.2 Å². The maximum atomic E-state index is 13.0. The summed E-state index contributed by atoms with van der Waals surface area (Å²) in [7, 11) is -9.90. The van der Waals surface area contributed by atoms with Gasteiger partial charge in [0.1, 0.15) is 19.3 Å². The summed E-state index contributed by atoms with van der Waals surface area (Å²) in [5.74, 6) is 0.115. The molecule has 0 aromatic carbocycles. The highest BCUT2D eigenvalue weighted by molar-refractivity contribution is 7.47. The van der Waals surface area contributed by atoms with Crippen LogP contribution in [0.15, 0.2) is 0 Å². The van der Waals surface area contributed by atoms with Crippen LogP contribution < -0.4 is 0 Å². The quantitative estimate of drug-likeness (QED) is 0.0222. The van der Waals surface area contributed by atoms with Gasteiger partial charge in [0, 0.05) is 25.7 Å². The fraction of sp³-hybridized carbons (Fsp3) is 0.942. The van der Waals surface area contributed by atoms with Crippen LogP contribution in [0.1, 0.15) is 344 Å². The molecule has 0 aromatic rings. The lowest BCUT2D eigenvalue weighted by Gasteiger charge is -2.21. The molecule has 4 unspecified atom stereocenters. The summed E-state index contributed by atoms with van der Waals surface area (Å²) in [5, 5.41) is 10.6. The van der Waals surface area contributed by atoms with Crippen LogP contribution in [0.4, 0.5) is 0 Å². The van der Waals surface area contributed by atoms with Crippen molar-refractivity contribution in [3.05, 3.63) is 0 Å². The topological polar surface area (TPSA) is 237 Å². The van der Waals surface area contributed by atoms with E-state index in [0.717, 1.165) is 114 Å². The lowest BCUT2D eigenvalue weighted by atomic mass is 10.00. The van der Waals surface area contributed by atoms with Gasteiger partial charge in [0.2, 0.25) is 0 Å². The summed E-state index contributed by atoms with van der Waals surface area (Å²) in [4.78, 5) is 72.4. The molecule has 0 radical (unpaired) electrons. The second-order valence-electron chi connectivity index (χ2n) is 25.9. The van der Waals surface area contributed by atoms with Gasteiger partial charge >= 0.3 is 39.5 Å². The minimum absolute atomic E-state index is 0.102. The number of unbranched alkanes of at least 4 members (excludes halogenated alkanes) is 33. The Morgan fingerprint density at radius 1 is 0.330 bits per heavy atom. The molecule has 0 fully saturated rings. The Kier molecular flexibility index (Phi) is 58.7. The second kappa shape index (κ2) is 60.0. The first kappa shape index (κ1) is 86.1. The van der Waals surface area contributed by atoms with Crippen molar-refractivity contribution >= 4 is 39.5 Å². The van der Waals surface area contributed by atoms with Gasteiger partial charge in [0.05, 0.1) is 26.4 Å². The highest BCUT2D eigenvalue weighted by atomic mass is 31.2. The summed E-state index contributed by atoms with van der Waals surface area (Å²) in [6.07, 6.45) is 43.1. The van der Waals surface area contributed by atoms with Gasteiger partial charge in [-0.3, -0.25) is 37.3 Å². The molecule has 0 heterocycles. The van der Waals surface area contributed by atoms with Crippen molar-refractivity contribution < 1.29 is 80.2 Å². The number of hydrogen-bond acceptors (Lipinski definition) is 15. The molecule has 0 amide bonds. The van der Waals surface area contributed by atoms with Crippen LogP contribution in [-0.4, -0.2) is 96.7 Å². The number of ether oxygens (including phenoxy) is 4. The number of aliphatic hydroxyl groups is 1. The van der Waals surface area contributed by atoms with Crippen molar-refractivity contribution in [1.82, 2.24) is 0 Å². The van der Waals surface area contributed by atoms with E-state index in [1.54, 1.807) is 0 Å². The van der Waals surface area contributed by atoms with Crippen LogP contribution >= 0.6 is 15.6 Å². The molecule has 0 saturated heterocycles. The molecule has 88 heavy (non-hydrogen) atoms. The van der Waals surface area contributed by atoms with E-state index in [4.69, 9.17) is 37.0 Å². The van der Waals surface area contributed by atoms with E-state index in [2.05, 4.69) is 48.5 Å². The fourth-order valence-electron chi connectivity index (χ4n) is 10.3. The normalized spacial score (nSPS) is 14.9. The van der Waals surface area contributed by atoms with Crippen molar-refractivity contribution in [1.29, 1.82) is 0 Å². The first-order valence-electron chi connectivity index (χ1n) is 35.9. The van der Waals surface area contributed by atoms with E-state index in [0.29, 0.717) is 25.7 Å². The highest BCUT2D eigenvalue weighted by Crippen LogP contribution is 2.45. The Labute approximate surface area is 537 Å². The monoisotopic (exact) mass is 1300 g/mol. The molecule has 0 aliphatic heterocycles. The number of carbonyl (C=O) groups excluding carboxylic acids is 4. The van der Waals surface area contributed by atoms with Crippen LogP contribution in [0, 0.1) is 17.8 Å². The highest BCUT2D eigenvalue weighted by Gasteiger charge is 2.30. The number of phosphoric ester groups is 2. The molecular formula is C69H134O17P2. The lowest BCUT2D eigenvalue weighted by molar-refractivity contribution is -0.161. The Bertz CT molecular complexity index is 1740. The van der Waals surface area contributed by atoms with Gasteiger partial charge in [-0.1, -0.05) is 292 Å². The third kappa shape index (κ3) is 60.3. The summed E-state index contributed by atoms with van der Waals surface area (Å²) >= 11 is 0. The zero-order chi connectivity index (χ0) is 65.2. The average molecular weight is 1300 g/mol. The number of rotatable bonds is 67. The minimum atomic E-state index is -4.95. The number of esters is 4. The molecule has 0 rings (SSSR count). The molecular weight excluding hydrogens is 1160 g/mol. The largest absolute Gasteiger partial charge is 0.472 e. The summed E-state index contributed by atoms with van der Waals surface area (Å²) < 4.78 is 68.2. The van der Waals surface area contributed by atoms with Crippen LogP contribution in [0.2, 0.25) is 0 Å². The number of aliphatic hydroxyl groups excluding tert-OH is 1. The predicted octanol–water partition coefficient (Wildman–Crippen LogP) is 19.5. The van der Waals surface area contributed by atoms with Crippen LogP contribution in [-0.2, 0) is 65.4 Å². The summed E-state index contributed by atoms with van der Waals surface area (Å²) in [5.41, 5.74) is 0. The van der Waals surface area contributed by atoms with E-state index in [9.17, 15) is 43.2 Å². The molecule has 0 spiro atoms. The van der Waals surface area contributed by atoms with Gasteiger partial charge in [-0.05, 0) is 43.4 Å². The van der Waals surface area contributed by atoms with Crippen molar-refractivity contribution in [2.24, 2.45) is 17.8 Å². The van der Waals surface area contributed by atoms with Crippen LogP contribution in [0.5, 0.6) is 0 Å². The molecule has 522 valence electrons. The van der Waals surface area contributed by atoms with E-state index in [1.807, 2.05) is 0 Å². The molecule has 7 atom stereocenters. The van der Waals surface area contributed by atoms with Crippen molar-refractivity contribution in [2.45, 2.75) is 362 Å². The standard InChI is InChI=1S/C69H134O17P2/c1-8-11-12-13-14-15-20-24-27-36-43-50-66(71)79-56-64(85-68(73)52-45-38-28-25-22-19-17-16-18-21-23-26-33-40-47-60(4)5)58-83-87(75,76)81-54-63(70)55-82-88(77,78)84-59-65(86-69(74)53-46-39-32-30-35-42-49-62(7)10-3)57-80-67(72)51-44-37-31-29-34-41-48-61(6)9-2/h60-65,70H,8-59H2,1-7H3,(H,75,76)(H,77,78)/t61?,62?,63-,64-,65-/m1/s1. The molecule has 0 aliphatic carbocycles. The molecule has 3 N–H and O–H groups in total. The zero-order valence-corrected chi connectivity index (χ0v) is 59.0. The molecule has 0 aliphatic rings. The lowest BCUT2D eigenvalue weighted by Crippen LogP contribution is -2.30. The zero-order valence-electron chi connectivity index (χ0n) is 57.2. The predicted molar refractivity (Wildman–Crippen MR) is 354 cm³/mol. The second-order valence-corrected chi connectivity index (χ2v) is 28.8. The van der Waals surface area contributed by atoms with Crippen molar-refractivity contribution in [3.63, 3.8) is 0 Å². The fourth-order valence-corrected chi connectivity index (χ4v) is 11.9. The summed E-state index contributed by atoms with van der Waals surface area (Å²) in [6, 6.07) is 0. The third-order valence-corrected chi connectivity index (χ3v) is 18.5. The average Bonchev–Trinajstić information content (AvgIpc) is 3.55. The van der Waals surface area contributed by atoms with Gasteiger partial charge in [-0.2, -0.15) is 0 Å². The van der Waals surface area contributed by atoms with Crippen LogP contribution in [0.25, 0.3) is 0 Å². The Hall–Kier alpha value is -1.94. The van der Waals surface area contributed by atoms with E-state index in [1.165, 1.54) is 148 Å². The maximum Gasteiger partial charge on any atom is 0.472 e. The van der Waals surface area contributed by atoms with Crippen molar-refractivity contribution in [2.75, 3.05) is 39.6 Å². The Morgan fingerprint density at radius 2 is 0.580 bits per heavy atom. The first-order valence-corrected chi connectivity index (χ1v) is 38.9. The van der Waals surface area contributed by atoms with Gasteiger partial charge in [-0.25, -0.2) is 9.13 Å². The van der Waals surface area contributed by atoms with E-state index in [-0.39, 0.29) is 25.7 Å².